The standard InChI is InChI=1S/C14H25NO2/c16-14(17)13(12-7-3-1-4-8-12)11-15-9-5-2-6-10-15/h12-13H,1-11H2,(H,16,17). The molecule has 1 aliphatic carbocycles. The van der Waals surface area contributed by atoms with E-state index in [1.54, 1.807) is 0 Å². The van der Waals surface area contributed by atoms with Crippen molar-refractivity contribution in [2.24, 2.45) is 11.8 Å². The summed E-state index contributed by atoms with van der Waals surface area (Å²) in [5, 5.41) is 9.43. The Labute approximate surface area is 104 Å². The topological polar surface area (TPSA) is 40.5 Å². The molecular formula is C14H25NO2. The number of carboxylic acid groups (broad SMARTS) is 1. The molecule has 0 aromatic heterocycles. The van der Waals surface area contributed by atoms with Gasteiger partial charge in [-0.2, -0.15) is 0 Å². The van der Waals surface area contributed by atoms with Gasteiger partial charge in [-0.25, -0.2) is 0 Å². The summed E-state index contributed by atoms with van der Waals surface area (Å²) < 4.78 is 0. The molecule has 0 aromatic carbocycles. The maximum atomic E-state index is 11.4. The predicted molar refractivity (Wildman–Crippen MR) is 68.0 cm³/mol. The maximum absolute atomic E-state index is 11.4. The molecule has 3 nitrogen and oxygen atoms in total. The minimum atomic E-state index is -0.567. The Kier molecular flexibility index (Phi) is 4.84. The van der Waals surface area contributed by atoms with Crippen LogP contribution in [-0.4, -0.2) is 35.6 Å². The van der Waals surface area contributed by atoms with Crippen LogP contribution in [0, 0.1) is 11.8 Å². The van der Waals surface area contributed by atoms with E-state index in [2.05, 4.69) is 4.90 Å². The largest absolute Gasteiger partial charge is 0.481 e. The van der Waals surface area contributed by atoms with E-state index in [0.29, 0.717) is 5.92 Å². The number of carboxylic acids is 1. The highest BCUT2D eigenvalue weighted by Gasteiger charge is 2.31. The van der Waals surface area contributed by atoms with Gasteiger partial charge in [-0.1, -0.05) is 25.7 Å². The van der Waals surface area contributed by atoms with Crippen LogP contribution < -0.4 is 0 Å². The zero-order valence-corrected chi connectivity index (χ0v) is 10.7. The van der Waals surface area contributed by atoms with Gasteiger partial charge in [0.2, 0.25) is 0 Å². The number of rotatable bonds is 4. The van der Waals surface area contributed by atoms with Crippen molar-refractivity contribution in [2.45, 2.75) is 51.4 Å². The SMILES string of the molecule is O=C(O)C(CN1CCCCC1)C1CCCCC1. The first-order chi connectivity index (χ1) is 8.27. The van der Waals surface area contributed by atoms with Crippen molar-refractivity contribution in [3.05, 3.63) is 0 Å². The number of aliphatic carboxylic acids is 1. The molecule has 0 radical (unpaired) electrons. The maximum Gasteiger partial charge on any atom is 0.308 e. The van der Waals surface area contributed by atoms with Crippen LogP contribution in [0.3, 0.4) is 0 Å². The normalized spacial score (nSPS) is 25.6. The monoisotopic (exact) mass is 239 g/mol. The van der Waals surface area contributed by atoms with Crippen LogP contribution in [0.2, 0.25) is 0 Å². The number of nitrogens with zero attached hydrogens (tertiary/aromatic N) is 1. The lowest BCUT2D eigenvalue weighted by Gasteiger charge is -2.33. The molecular weight excluding hydrogens is 214 g/mol. The summed E-state index contributed by atoms with van der Waals surface area (Å²) in [4.78, 5) is 13.8. The summed E-state index contributed by atoms with van der Waals surface area (Å²) in [5.74, 6) is -0.251. The van der Waals surface area contributed by atoms with E-state index in [0.717, 1.165) is 32.5 Å². The van der Waals surface area contributed by atoms with Crippen molar-refractivity contribution >= 4 is 5.97 Å². The second kappa shape index (κ2) is 6.39. The summed E-state index contributed by atoms with van der Waals surface area (Å²) in [6.07, 6.45) is 9.83. The Bertz CT molecular complexity index is 243. The van der Waals surface area contributed by atoms with Gasteiger partial charge in [0.05, 0.1) is 5.92 Å². The highest BCUT2D eigenvalue weighted by Crippen LogP contribution is 2.31. The molecule has 3 heteroatoms. The van der Waals surface area contributed by atoms with Crippen LogP contribution in [-0.2, 0) is 4.79 Å². The molecule has 17 heavy (non-hydrogen) atoms. The molecule has 0 amide bonds. The highest BCUT2D eigenvalue weighted by molar-refractivity contribution is 5.70. The van der Waals surface area contributed by atoms with E-state index in [9.17, 15) is 9.90 Å². The molecule has 0 aromatic rings. The van der Waals surface area contributed by atoms with E-state index < -0.39 is 5.97 Å². The van der Waals surface area contributed by atoms with Crippen molar-refractivity contribution in [1.29, 1.82) is 0 Å². The van der Waals surface area contributed by atoms with Crippen LogP contribution in [0.4, 0.5) is 0 Å². The fraction of sp³-hybridized carbons (Fsp3) is 0.929. The van der Waals surface area contributed by atoms with Gasteiger partial charge in [0, 0.05) is 6.54 Å². The molecule has 1 saturated heterocycles. The average molecular weight is 239 g/mol. The third-order valence-corrected chi connectivity index (χ3v) is 4.44. The van der Waals surface area contributed by atoms with Crippen molar-refractivity contribution in [3.8, 4) is 0 Å². The van der Waals surface area contributed by atoms with E-state index in [1.165, 1.54) is 38.5 Å². The van der Waals surface area contributed by atoms with Gasteiger partial charge in [-0.05, 0) is 44.7 Å². The van der Waals surface area contributed by atoms with Gasteiger partial charge in [-0.3, -0.25) is 4.79 Å². The van der Waals surface area contributed by atoms with Gasteiger partial charge in [0.15, 0.2) is 0 Å². The number of hydrogen-bond donors (Lipinski definition) is 1. The third-order valence-electron chi connectivity index (χ3n) is 4.44. The first kappa shape index (κ1) is 12.9. The fourth-order valence-electron chi connectivity index (χ4n) is 3.39. The Hall–Kier alpha value is -0.570. The average Bonchev–Trinajstić information content (AvgIpc) is 2.38. The summed E-state index contributed by atoms with van der Waals surface area (Å²) in [6.45, 7) is 3.01. The minimum absolute atomic E-state index is 0.117. The van der Waals surface area contributed by atoms with Crippen molar-refractivity contribution in [1.82, 2.24) is 4.90 Å². The second-order valence-corrected chi connectivity index (χ2v) is 5.70. The Morgan fingerprint density at radius 2 is 1.65 bits per heavy atom. The van der Waals surface area contributed by atoms with E-state index in [4.69, 9.17) is 0 Å². The van der Waals surface area contributed by atoms with Crippen molar-refractivity contribution < 1.29 is 9.90 Å². The van der Waals surface area contributed by atoms with Crippen molar-refractivity contribution in [2.75, 3.05) is 19.6 Å². The first-order valence-corrected chi connectivity index (χ1v) is 7.22. The Morgan fingerprint density at radius 1 is 1.06 bits per heavy atom. The number of carbonyl (C=O) groups is 1. The molecule has 1 heterocycles. The van der Waals surface area contributed by atoms with Gasteiger partial charge < -0.3 is 10.0 Å². The quantitative estimate of drug-likeness (QED) is 0.820. The Morgan fingerprint density at radius 3 is 2.24 bits per heavy atom. The zero-order valence-electron chi connectivity index (χ0n) is 10.7. The Balaban J connectivity index is 1.88. The first-order valence-electron chi connectivity index (χ1n) is 7.22. The van der Waals surface area contributed by atoms with Gasteiger partial charge in [-0.15, -0.1) is 0 Å². The van der Waals surface area contributed by atoms with E-state index in [1.807, 2.05) is 0 Å². The molecule has 98 valence electrons. The number of likely N-dealkylation sites (tertiary alicyclic amines) is 1. The molecule has 0 bridgehead atoms. The lowest BCUT2D eigenvalue weighted by molar-refractivity contribution is -0.145. The molecule has 1 saturated carbocycles. The molecule has 0 spiro atoms. The number of piperidine rings is 1. The molecule has 2 rings (SSSR count). The lowest BCUT2D eigenvalue weighted by atomic mass is 9.79. The van der Waals surface area contributed by atoms with Crippen LogP contribution in [0.25, 0.3) is 0 Å². The van der Waals surface area contributed by atoms with Crippen LogP contribution >= 0.6 is 0 Å². The molecule has 2 aliphatic rings. The van der Waals surface area contributed by atoms with Crippen LogP contribution in [0.1, 0.15) is 51.4 Å². The van der Waals surface area contributed by atoms with Crippen molar-refractivity contribution in [3.63, 3.8) is 0 Å². The second-order valence-electron chi connectivity index (χ2n) is 5.70. The van der Waals surface area contributed by atoms with Crippen LogP contribution in [0.15, 0.2) is 0 Å². The molecule has 1 N–H and O–H groups in total. The third kappa shape index (κ3) is 3.70. The smallest absolute Gasteiger partial charge is 0.308 e. The van der Waals surface area contributed by atoms with Gasteiger partial charge in [0.25, 0.3) is 0 Å². The highest BCUT2D eigenvalue weighted by atomic mass is 16.4. The minimum Gasteiger partial charge on any atom is -0.481 e. The van der Waals surface area contributed by atoms with E-state index >= 15 is 0 Å². The summed E-state index contributed by atoms with van der Waals surface area (Å²) in [6, 6.07) is 0. The van der Waals surface area contributed by atoms with Crippen LogP contribution in [0.5, 0.6) is 0 Å². The van der Waals surface area contributed by atoms with Gasteiger partial charge in [0.1, 0.15) is 0 Å². The molecule has 1 atom stereocenters. The number of hydrogen-bond acceptors (Lipinski definition) is 2. The van der Waals surface area contributed by atoms with E-state index in [-0.39, 0.29) is 5.92 Å². The molecule has 1 unspecified atom stereocenters. The summed E-state index contributed by atoms with van der Waals surface area (Å²) in [7, 11) is 0. The van der Waals surface area contributed by atoms with Gasteiger partial charge >= 0.3 is 5.97 Å². The lowest BCUT2D eigenvalue weighted by Crippen LogP contribution is -2.40. The molecule has 1 aliphatic heterocycles. The summed E-state index contributed by atoms with van der Waals surface area (Å²) >= 11 is 0. The zero-order chi connectivity index (χ0) is 12.1. The predicted octanol–water partition coefficient (Wildman–Crippen LogP) is 2.75. The summed E-state index contributed by atoms with van der Waals surface area (Å²) in [5.41, 5.74) is 0. The fourth-order valence-corrected chi connectivity index (χ4v) is 3.39. The molecule has 2 fully saturated rings.